The second-order valence-electron chi connectivity index (χ2n) is 9.32. The normalized spacial score (nSPS) is 20.3. The van der Waals surface area contributed by atoms with E-state index in [1.54, 1.807) is 26.2 Å². The van der Waals surface area contributed by atoms with Gasteiger partial charge in [-0.2, -0.15) is 0 Å². The Labute approximate surface area is 205 Å². The Hall–Kier alpha value is -3.07. The maximum absolute atomic E-state index is 13.5. The molecule has 8 heteroatoms. The average molecular weight is 483 g/mol. The van der Waals surface area contributed by atoms with Gasteiger partial charge in [0.05, 0.1) is 31.9 Å². The van der Waals surface area contributed by atoms with Crippen LogP contribution in [-0.2, 0) is 32.0 Å². The van der Waals surface area contributed by atoms with Crippen molar-refractivity contribution in [3.63, 3.8) is 0 Å². The number of hydrogen-bond donors (Lipinski definition) is 3. The van der Waals surface area contributed by atoms with Crippen molar-refractivity contribution in [1.29, 1.82) is 0 Å². The van der Waals surface area contributed by atoms with Crippen LogP contribution in [0.15, 0.2) is 54.6 Å². The van der Waals surface area contributed by atoms with Gasteiger partial charge in [-0.05, 0) is 49.9 Å². The first kappa shape index (κ1) is 26.5. The quantitative estimate of drug-likeness (QED) is 0.370. The number of carbonyl (C=O) groups is 3. The number of Topliss-reactive ketones (excluding diaryl/α,β-unsaturated/α-hetero) is 2. The van der Waals surface area contributed by atoms with Gasteiger partial charge in [-0.25, -0.2) is 0 Å². The minimum Gasteiger partial charge on any atom is -0.497 e. The van der Waals surface area contributed by atoms with E-state index in [0.29, 0.717) is 18.8 Å². The molecular formula is C27H34N2O6. The van der Waals surface area contributed by atoms with Crippen LogP contribution in [-0.4, -0.2) is 60.1 Å². The highest BCUT2D eigenvalue weighted by Crippen LogP contribution is 2.29. The highest BCUT2D eigenvalue weighted by Gasteiger charge is 2.50. The summed E-state index contributed by atoms with van der Waals surface area (Å²) < 4.78 is 10.5. The van der Waals surface area contributed by atoms with E-state index in [1.807, 2.05) is 42.5 Å². The molecule has 3 rings (SSSR count). The van der Waals surface area contributed by atoms with E-state index < -0.39 is 41.4 Å². The van der Waals surface area contributed by atoms with Crippen LogP contribution in [0.25, 0.3) is 0 Å². The van der Waals surface area contributed by atoms with Crippen molar-refractivity contribution in [2.45, 2.75) is 56.9 Å². The number of amides is 1. The smallest absolute Gasteiger partial charge is 0.224 e. The van der Waals surface area contributed by atoms with Crippen molar-refractivity contribution < 1.29 is 29.0 Å². The Morgan fingerprint density at radius 3 is 2.23 bits per heavy atom. The largest absolute Gasteiger partial charge is 0.497 e. The molecular weight excluding hydrogens is 448 g/mol. The number of epoxide rings is 1. The molecule has 0 bridgehead atoms. The maximum atomic E-state index is 13.5. The predicted molar refractivity (Wildman–Crippen MR) is 131 cm³/mol. The van der Waals surface area contributed by atoms with Gasteiger partial charge < -0.3 is 25.6 Å². The van der Waals surface area contributed by atoms with Gasteiger partial charge in [0.2, 0.25) is 5.91 Å². The number of rotatable bonds is 13. The SMILES string of the molecule is COc1ccc(C[C@H](CC(=O)[C@@H](N)[C@H](C)O)C(=O)N[C@@H](Cc2ccccc2)C(=O)[C@@]2(C)CO2)cc1. The van der Waals surface area contributed by atoms with Crippen molar-refractivity contribution in [1.82, 2.24) is 5.32 Å². The second-order valence-corrected chi connectivity index (χ2v) is 9.32. The number of ketones is 2. The van der Waals surface area contributed by atoms with Crippen LogP contribution in [0.5, 0.6) is 5.75 Å². The fourth-order valence-electron chi connectivity index (χ4n) is 3.92. The summed E-state index contributed by atoms with van der Waals surface area (Å²) in [7, 11) is 1.56. The minimum absolute atomic E-state index is 0.163. The third kappa shape index (κ3) is 7.21. The van der Waals surface area contributed by atoms with Crippen LogP contribution in [0.3, 0.4) is 0 Å². The summed E-state index contributed by atoms with van der Waals surface area (Å²) in [6.45, 7) is 3.45. The Kier molecular flexibility index (Phi) is 8.77. The van der Waals surface area contributed by atoms with E-state index >= 15 is 0 Å². The van der Waals surface area contributed by atoms with Gasteiger partial charge in [-0.1, -0.05) is 42.5 Å². The number of benzene rings is 2. The van der Waals surface area contributed by atoms with E-state index in [4.69, 9.17) is 15.2 Å². The van der Waals surface area contributed by atoms with Crippen LogP contribution in [0, 0.1) is 5.92 Å². The monoisotopic (exact) mass is 482 g/mol. The summed E-state index contributed by atoms with van der Waals surface area (Å²) in [4.78, 5) is 39.3. The zero-order valence-corrected chi connectivity index (χ0v) is 20.4. The van der Waals surface area contributed by atoms with E-state index in [0.717, 1.165) is 11.1 Å². The standard InChI is InChI=1S/C27H34N2O6/c1-17(30)24(28)23(31)15-20(13-19-9-11-21(34-3)12-10-19)26(33)29-22(25(32)27(2)16-35-27)14-18-7-5-4-6-8-18/h4-12,17,20,22,24,30H,13-16,28H2,1-3H3,(H,29,33)/t17-,20+,22-,24-,27+/m0/s1. The Balaban J connectivity index is 1.81. The molecule has 8 nitrogen and oxygen atoms in total. The lowest BCUT2D eigenvalue weighted by Gasteiger charge is -2.24. The zero-order chi connectivity index (χ0) is 25.6. The van der Waals surface area contributed by atoms with Crippen LogP contribution >= 0.6 is 0 Å². The van der Waals surface area contributed by atoms with Crippen molar-refractivity contribution in [3.8, 4) is 5.75 Å². The number of carbonyl (C=O) groups excluding carboxylic acids is 3. The Morgan fingerprint density at radius 2 is 1.69 bits per heavy atom. The fourth-order valence-corrected chi connectivity index (χ4v) is 3.92. The van der Waals surface area contributed by atoms with Crippen LogP contribution in [0.2, 0.25) is 0 Å². The van der Waals surface area contributed by atoms with Gasteiger partial charge in [0.25, 0.3) is 0 Å². The van der Waals surface area contributed by atoms with E-state index in [2.05, 4.69) is 5.32 Å². The molecule has 0 aromatic heterocycles. The first-order valence-corrected chi connectivity index (χ1v) is 11.7. The molecule has 0 aliphatic carbocycles. The highest BCUT2D eigenvalue weighted by atomic mass is 16.6. The first-order chi connectivity index (χ1) is 16.6. The van der Waals surface area contributed by atoms with Crippen LogP contribution < -0.4 is 15.8 Å². The van der Waals surface area contributed by atoms with Gasteiger partial charge in [0.1, 0.15) is 11.4 Å². The number of aliphatic hydroxyl groups is 1. The van der Waals surface area contributed by atoms with Crippen LogP contribution in [0.4, 0.5) is 0 Å². The summed E-state index contributed by atoms with van der Waals surface area (Å²) in [5, 5.41) is 12.6. The molecule has 1 heterocycles. The summed E-state index contributed by atoms with van der Waals surface area (Å²) in [5.41, 5.74) is 6.65. The number of ether oxygens (including phenoxy) is 2. The fraction of sp³-hybridized carbons (Fsp3) is 0.444. The molecule has 1 saturated heterocycles. The predicted octanol–water partition coefficient (Wildman–Crippen LogP) is 1.61. The van der Waals surface area contributed by atoms with Crippen molar-refractivity contribution >= 4 is 17.5 Å². The highest BCUT2D eigenvalue weighted by molar-refractivity contribution is 5.98. The average Bonchev–Trinajstić information content (AvgIpc) is 3.61. The van der Waals surface area contributed by atoms with E-state index in [-0.39, 0.29) is 18.6 Å². The van der Waals surface area contributed by atoms with E-state index in [9.17, 15) is 19.5 Å². The van der Waals surface area contributed by atoms with Gasteiger partial charge >= 0.3 is 0 Å². The lowest BCUT2D eigenvalue weighted by molar-refractivity contribution is -0.134. The molecule has 0 radical (unpaired) electrons. The molecule has 5 atom stereocenters. The Morgan fingerprint density at radius 1 is 1.09 bits per heavy atom. The van der Waals surface area contributed by atoms with Crippen molar-refractivity contribution in [2.75, 3.05) is 13.7 Å². The molecule has 0 spiro atoms. The number of hydrogen-bond acceptors (Lipinski definition) is 7. The van der Waals surface area contributed by atoms with Gasteiger partial charge in [0.15, 0.2) is 11.6 Å². The second kappa shape index (κ2) is 11.6. The van der Waals surface area contributed by atoms with Crippen molar-refractivity contribution in [2.24, 2.45) is 11.7 Å². The summed E-state index contributed by atoms with van der Waals surface area (Å²) in [5.74, 6) is -1.15. The number of nitrogens with two attached hydrogens (primary N) is 1. The molecule has 0 saturated carbocycles. The number of methoxy groups -OCH3 is 1. The summed E-state index contributed by atoms with van der Waals surface area (Å²) in [6, 6.07) is 14.7. The molecule has 1 aliphatic rings. The summed E-state index contributed by atoms with van der Waals surface area (Å²) in [6.07, 6.45) is -0.634. The Bertz CT molecular complexity index is 1020. The lowest BCUT2D eigenvalue weighted by Crippen LogP contribution is -2.50. The molecule has 35 heavy (non-hydrogen) atoms. The van der Waals surface area contributed by atoms with Crippen molar-refractivity contribution in [3.05, 3.63) is 65.7 Å². The number of aliphatic hydroxyl groups excluding tert-OH is 1. The third-order valence-corrected chi connectivity index (χ3v) is 6.37. The molecule has 1 fully saturated rings. The maximum Gasteiger partial charge on any atom is 0.224 e. The molecule has 4 N–H and O–H groups in total. The van der Waals surface area contributed by atoms with Gasteiger partial charge in [-0.15, -0.1) is 0 Å². The third-order valence-electron chi connectivity index (χ3n) is 6.37. The zero-order valence-electron chi connectivity index (χ0n) is 20.4. The lowest BCUT2D eigenvalue weighted by atomic mass is 9.89. The number of nitrogens with one attached hydrogen (secondary N) is 1. The summed E-state index contributed by atoms with van der Waals surface area (Å²) >= 11 is 0. The molecule has 1 aliphatic heterocycles. The first-order valence-electron chi connectivity index (χ1n) is 11.7. The molecule has 2 aromatic rings. The van der Waals surface area contributed by atoms with Gasteiger partial charge in [-0.3, -0.25) is 14.4 Å². The molecule has 1 amide bonds. The van der Waals surface area contributed by atoms with E-state index in [1.165, 1.54) is 6.92 Å². The van der Waals surface area contributed by atoms with Gasteiger partial charge in [0, 0.05) is 12.3 Å². The molecule has 2 aromatic carbocycles. The minimum atomic E-state index is -1.10. The topological polar surface area (TPSA) is 131 Å². The molecule has 0 unspecified atom stereocenters. The van der Waals surface area contributed by atoms with Crippen LogP contribution in [0.1, 0.15) is 31.4 Å². The molecule has 188 valence electrons.